The van der Waals surface area contributed by atoms with Crippen molar-refractivity contribution in [2.24, 2.45) is 0 Å². The van der Waals surface area contributed by atoms with Gasteiger partial charge in [-0.15, -0.1) is 11.3 Å². The molecule has 2 N–H and O–H groups in total. The lowest BCUT2D eigenvalue weighted by atomic mass is 10.0. The molecule has 94 valence electrons. The summed E-state index contributed by atoms with van der Waals surface area (Å²) in [5.41, 5.74) is 0.684. The first-order valence-electron chi connectivity index (χ1n) is 6.17. The summed E-state index contributed by atoms with van der Waals surface area (Å²) >= 11 is 1.62. The number of thiophene rings is 1. The van der Waals surface area contributed by atoms with Crippen LogP contribution in [-0.2, 0) is 0 Å². The molecule has 3 nitrogen and oxygen atoms in total. The fraction of sp³-hybridized carbons (Fsp3) is 0.357. The summed E-state index contributed by atoms with van der Waals surface area (Å²) in [7, 11) is 0. The van der Waals surface area contributed by atoms with Crippen LogP contribution >= 0.6 is 11.3 Å². The average Bonchev–Trinajstić information content (AvgIpc) is 2.95. The molecule has 3 rings (SSSR count). The van der Waals surface area contributed by atoms with E-state index >= 15 is 0 Å². The van der Waals surface area contributed by atoms with E-state index in [1.165, 1.54) is 0 Å². The van der Waals surface area contributed by atoms with E-state index < -0.39 is 0 Å². The van der Waals surface area contributed by atoms with E-state index in [1.54, 1.807) is 11.3 Å². The molecule has 0 spiro atoms. The van der Waals surface area contributed by atoms with Crippen LogP contribution in [0.4, 0.5) is 0 Å². The van der Waals surface area contributed by atoms with E-state index in [-0.39, 0.29) is 11.4 Å². The molecule has 0 bridgehead atoms. The largest absolute Gasteiger partial charge is 0.346 e. The summed E-state index contributed by atoms with van der Waals surface area (Å²) in [6.45, 7) is 3.92. The molecule has 2 aromatic rings. The zero-order valence-electron chi connectivity index (χ0n) is 10.3. The first kappa shape index (κ1) is 11.7. The maximum absolute atomic E-state index is 12.3. The fourth-order valence-electron chi connectivity index (χ4n) is 2.42. The Bertz CT molecular complexity index is 584. The smallest absolute Gasteiger partial charge is 0.253 e. The van der Waals surface area contributed by atoms with Gasteiger partial charge in [0.15, 0.2) is 0 Å². The normalized spacial score (nSPS) is 23.4. The second-order valence-corrected chi connectivity index (χ2v) is 6.00. The third-order valence-corrected chi connectivity index (χ3v) is 4.47. The molecule has 2 heterocycles. The van der Waals surface area contributed by atoms with Crippen molar-refractivity contribution >= 4 is 27.3 Å². The van der Waals surface area contributed by atoms with Gasteiger partial charge in [-0.1, -0.05) is 18.2 Å². The predicted octanol–water partition coefficient (Wildman–Crippen LogP) is 2.38. The molecule has 1 unspecified atom stereocenters. The van der Waals surface area contributed by atoms with Gasteiger partial charge < -0.3 is 10.6 Å². The van der Waals surface area contributed by atoms with Crippen molar-refractivity contribution in [3.8, 4) is 0 Å². The third kappa shape index (κ3) is 2.02. The van der Waals surface area contributed by atoms with Crippen molar-refractivity contribution in [3.63, 3.8) is 0 Å². The van der Waals surface area contributed by atoms with Gasteiger partial charge in [0.2, 0.25) is 0 Å². The molecule has 4 heteroatoms. The van der Waals surface area contributed by atoms with Gasteiger partial charge in [0.05, 0.1) is 11.1 Å². The van der Waals surface area contributed by atoms with Gasteiger partial charge in [-0.2, -0.15) is 0 Å². The minimum absolute atomic E-state index is 0.0404. The average molecular weight is 260 g/mol. The maximum atomic E-state index is 12.3. The molecule has 1 saturated heterocycles. The molecule has 0 saturated carbocycles. The number of carbonyl (C=O) groups excluding carboxylic acids is 1. The highest BCUT2D eigenvalue weighted by Crippen LogP contribution is 2.26. The number of amides is 1. The monoisotopic (exact) mass is 260 g/mol. The second kappa shape index (κ2) is 4.37. The molecular weight excluding hydrogens is 244 g/mol. The molecule has 0 radical (unpaired) electrons. The Morgan fingerprint density at radius 2 is 2.28 bits per heavy atom. The van der Waals surface area contributed by atoms with Crippen molar-refractivity contribution in [1.82, 2.24) is 10.6 Å². The van der Waals surface area contributed by atoms with Gasteiger partial charge in [0.25, 0.3) is 5.91 Å². The second-order valence-electron chi connectivity index (χ2n) is 5.09. The lowest BCUT2D eigenvalue weighted by molar-refractivity contribution is 0.0915. The number of hydrogen-bond acceptors (Lipinski definition) is 3. The van der Waals surface area contributed by atoms with Crippen molar-refractivity contribution in [2.45, 2.75) is 18.9 Å². The molecule has 1 aromatic heterocycles. The molecule has 1 aliphatic heterocycles. The number of fused-ring (bicyclic) bond motifs is 1. The first-order chi connectivity index (χ1) is 8.68. The quantitative estimate of drug-likeness (QED) is 0.870. The Hall–Kier alpha value is -1.39. The van der Waals surface area contributed by atoms with Gasteiger partial charge in [0, 0.05) is 22.0 Å². The topological polar surface area (TPSA) is 41.1 Å². The van der Waals surface area contributed by atoms with Crippen molar-refractivity contribution in [3.05, 3.63) is 35.2 Å². The van der Waals surface area contributed by atoms with Crippen LogP contribution in [0.25, 0.3) is 10.1 Å². The van der Waals surface area contributed by atoms with Crippen LogP contribution < -0.4 is 10.6 Å². The van der Waals surface area contributed by atoms with E-state index in [0.717, 1.165) is 35.2 Å². The molecular formula is C14H16N2OS. The summed E-state index contributed by atoms with van der Waals surface area (Å²) in [5, 5.41) is 9.44. The molecule has 1 fully saturated rings. The summed E-state index contributed by atoms with van der Waals surface area (Å²) < 4.78 is 1.16. The lowest BCUT2D eigenvalue weighted by Crippen LogP contribution is -2.47. The van der Waals surface area contributed by atoms with Crippen LogP contribution in [-0.4, -0.2) is 24.5 Å². The van der Waals surface area contributed by atoms with E-state index in [2.05, 4.69) is 23.6 Å². The van der Waals surface area contributed by atoms with E-state index in [9.17, 15) is 4.79 Å². The van der Waals surface area contributed by atoms with Crippen LogP contribution in [0.5, 0.6) is 0 Å². The van der Waals surface area contributed by atoms with Gasteiger partial charge in [0.1, 0.15) is 0 Å². The van der Waals surface area contributed by atoms with E-state index in [1.807, 2.05) is 23.6 Å². The SMILES string of the molecule is CC1(NC(=O)c2csc3ccccc23)CCNC1. The van der Waals surface area contributed by atoms with Crippen LogP contribution in [0.2, 0.25) is 0 Å². The summed E-state index contributed by atoms with van der Waals surface area (Å²) in [6.07, 6.45) is 0.987. The lowest BCUT2D eigenvalue weighted by Gasteiger charge is -2.24. The van der Waals surface area contributed by atoms with Crippen LogP contribution in [0, 0.1) is 0 Å². The number of carbonyl (C=O) groups is 1. The minimum atomic E-state index is -0.111. The maximum Gasteiger partial charge on any atom is 0.253 e. The van der Waals surface area contributed by atoms with Crippen molar-refractivity contribution in [1.29, 1.82) is 0 Å². The zero-order chi connectivity index (χ0) is 12.6. The minimum Gasteiger partial charge on any atom is -0.346 e. The standard InChI is InChI=1S/C14H16N2OS/c1-14(6-7-15-9-14)16-13(17)11-8-18-12-5-3-2-4-10(11)12/h2-5,8,15H,6-7,9H2,1H3,(H,16,17). The van der Waals surface area contributed by atoms with E-state index in [4.69, 9.17) is 0 Å². The van der Waals surface area contributed by atoms with Crippen LogP contribution in [0.1, 0.15) is 23.7 Å². The molecule has 18 heavy (non-hydrogen) atoms. The molecule has 1 amide bonds. The predicted molar refractivity (Wildman–Crippen MR) is 75.2 cm³/mol. The first-order valence-corrected chi connectivity index (χ1v) is 7.05. The molecule has 1 aromatic carbocycles. The van der Waals surface area contributed by atoms with Gasteiger partial charge in [-0.05, 0) is 26.0 Å². The Kier molecular flexibility index (Phi) is 2.84. The number of rotatable bonds is 2. The van der Waals surface area contributed by atoms with E-state index in [0.29, 0.717) is 0 Å². The Labute approximate surface area is 110 Å². The summed E-state index contributed by atoms with van der Waals surface area (Å²) in [5.74, 6) is 0.0404. The molecule has 1 aliphatic rings. The zero-order valence-corrected chi connectivity index (χ0v) is 11.1. The van der Waals surface area contributed by atoms with Crippen LogP contribution in [0.15, 0.2) is 29.6 Å². The number of nitrogens with one attached hydrogen (secondary N) is 2. The van der Waals surface area contributed by atoms with Gasteiger partial charge >= 0.3 is 0 Å². The summed E-state index contributed by atoms with van der Waals surface area (Å²) in [4.78, 5) is 12.3. The summed E-state index contributed by atoms with van der Waals surface area (Å²) in [6, 6.07) is 8.04. The Balaban J connectivity index is 1.88. The third-order valence-electron chi connectivity index (χ3n) is 3.51. The Morgan fingerprint density at radius 3 is 3.06 bits per heavy atom. The molecule has 0 aliphatic carbocycles. The molecule has 1 atom stereocenters. The number of benzene rings is 1. The number of hydrogen-bond donors (Lipinski definition) is 2. The van der Waals surface area contributed by atoms with Gasteiger partial charge in [-0.25, -0.2) is 0 Å². The fourth-order valence-corrected chi connectivity index (χ4v) is 3.36. The van der Waals surface area contributed by atoms with Crippen molar-refractivity contribution < 1.29 is 4.79 Å². The van der Waals surface area contributed by atoms with Crippen LogP contribution in [0.3, 0.4) is 0 Å². The van der Waals surface area contributed by atoms with Crippen molar-refractivity contribution in [2.75, 3.05) is 13.1 Å². The highest BCUT2D eigenvalue weighted by molar-refractivity contribution is 7.17. The Morgan fingerprint density at radius 1 is 1.44 bits per heavy atom. The highest BCUT2D eigenvalue weighted by atomic mass is 32.1. The highest BCUT2D eigenvalue weighted by Gasteiger charge is 2.30. The van der Waals surface area contributed by atoms with Gasteiger partial charge in [-0.3, -0.25) is 4.79 Å².